The van der Waals surface area contributed by atoms with Crippen LogP contribution < -0.4 is 15.0 Å². The van der Waals surface area contributed by atoms with E-state index >= 15 is 0 Å². The maximum atomic E-state index is 6.12. The average molecular weight is 518 g/mol. The first kappa shape index (κ1) is 24.3. The van der Waals surface area contributed by atoms with Crippen LogP contribution in [-0.2, 0) is 4.74 Å². The van der Waals surface area contributed by atoms with Gasteiger partial charge in [0.05, 0.1) is 24.9 Å². The number of aromatic nitrogens is 6. The van der Waals surface area contributed by atoms with Crippen molar-refractivity contribution in [2.24, 2.45) is 0 Å². The molecule has 2 saturated heterocycles. The predicted molar refractivity (Wildman–Crippen MR) is 140 cm³/mol. The number of nitrogens with zero attached hydrogens (tertiary/aromatic N) is 7. The van der Waals surface area contributed by atoms with Crippen LogP contribution in [0.15, 0.2) is 47.1 Å². The molecule has 2 aliphatic rings. The molecule has 1 atom stereocenters. The Bertz CT molecular complexity index is 1340. The van der Waals surface area contributed by atoms with Crippen molar-refractivity contribution in [3.8, 4) is 17.3 Å². The highest BCUT2D eigenvalue weighted by molar-refractivity contribution is 5.57. The third kappa shape index (κ3) is 5.60. The summed E-state index contributed by atoms with van der Waals surface area (Å²) in [6, 6.07) is 11.4. The van der Waals surface area contributed by atoms with E-state index < -0.39 is 0 Å². The summed E-state index contributed by atoms with van der Waals surface area (Å²) in [7, 11) is 0. The lowest BCUT2D eigenvalue weighted by Gasteiger charge is -2.26. The lowest BCUT2D eigenvalue weighted by molar-refractivity contribution is 0.0320. The number of nitrogens with one attached hydrogen (secondary N) is 2. The Labute approximate surface area is 220 Å². The van der Waals surface area contributed by atoms with Crippen LogP contribution in [0.3, 0.4) is 0 Å². The van der Waals surface area contributed by atoms with Crippen LogP contribution in [0.1, 0.15) is 30.3 Å². The molecule has 0 amide bonds. The van der Waals surface area contributed by atoms with E-state index in [1.54, 1.807) is 6.20 Å². The van der Waals surface area contributed by atoms with Gasteiger partial charge < -0.3 is 24.2 Å². The molecule has 198 valence electrons. The molecule has 12 nitrogen and oxygen atoms in total. The molecule has 6 heterocycles. The Morgan fingerprint density at radius 3 is 2.82 bits per heavy atom. The Balaban J connectivity index is 1.24. The quantitative estimate of drug-likeness (QED) is 0.339. The minimum Gasteiger partial charge on any atom is -0.476 e. The lowest BCUT2D eigenvalue weighted by atomic mass is 10.1. The average Bonchev–Trinajstić information content (AvgIpc) is 3.71. The number of hydrogen-bond acceptors (Lipinski definition) is 11. The highest BCUT2D eigenvalue weighted by Gasteiger charge is 2.32. The third-order valence-electron chi connectivity index (χ3n) is 6.71. The van der Waals surface area contributed by atoms with Crippen molar-refractivity contribution in [1.82, 2.24) is 35.2 Å². The summed E-state index contributed by atoms with van der Waals surface area (Å²) < 4.78 is 17.3. The van der Waals surface area contributed by atoms with Gasteiger partial charge in [0.2, 0.25) is 11.8 Å². The first-order chi connectivity index (χ1) is 18.7. The molecule has 0 spiro atoms. The van der Waals surface area contributed by atoms with Gasteiger partial charge in [-0.1, -0.05) is 11.2 Å². The van der Waals surface area contributed by atoms with Gasteiger partial charge in [0, 0.05) is 56.3 Å². The number of ether oxygens (including phenoxy) is 2. The first-order valence-corrected chi connectivity index (χ1v) is 13.0. The summed E-state index contributed by atoms with van der Waals surface area (Å²) in [4.78, 5) is 18.5. The van der Waals surface area contributed by atoms with Crippen molar-refractivity contribution in [3.05, 3.63) is 54.0 Å². The van der Waals surface area contributed by atoms with Crippen LogP contribution >= 0.6 is 0 Å². The molecule has 2 N–H and O–H groups in total. The van der Waals surface area contributed by atoms with E-state index in [1.165, 1.54) is 0 Å². The largest absolute Gasteiger partial charge is 0.476 e. The van der Waals surface area contributed by atoms with Crippen molar-refractivity contribution in [1.29, 1.82) is 0 Å². The second-order valence-corrected chi connectivity index (χ2v) is 9.44. The normalized spacial score (nSPS) is 18.1. The fraction of sp³-hybridized carbons (Fsp3) is 0.423. The van der Waals surface area contributed by atoms with E-state index in [-0.39, 0.29) is 6.04 Å². The van der Waals surface area contributed by atoms with Crippen LogP contribution in [0, 0.1) is 6.92 Å². The lowest BCUT2D eigenvalue weighted by Crippen LogP contribution is -2.38. The van der Waals surface area contributed by atoms with Crippen LogP contribution in [0.4, 0.5) is 17.6 Å². The molecule has 0 aliphatic carbocycles. The molecule has 38 heavy (non-hydrogen) atoms. The number of hydrogen-bond donors (Lipinski definition) is 2. The molecule has 4 aromatic heterocycles. The van der Waals surface area contributed by atoms with E-state index in [0.717, 1.165) is 69.4 Å². The third-order valence-corrected chi connectivity index (χ3v) is 6.71. The number of aryl methyl sites for hydroxylation is 1. The first-order valence-electron chi connectivity index (χ1n) is 13.0. The van der Waals surface area contributed by atoms with E-state index in [2.05, 4.69) is 35.5 Å². The number of rotatable bonds is 9. The molecule has 0 radical (unpaired) electrons. The Morgan fingerprint density at radius 2 is 2.00 bits per heavy atom. The predicted octanol–water partition coefficient (Wildman–Crippen LogP) is 3.35. The van der Waals surface area contributed by atoms with Crippen LogP contribution in [-0.4, -0.2) is 81.2 Å². The summed E-state index contributed by atoms with van der Waals surface area (Å²) in [5, 5.41) is 14.8. The molecule has 0 bridgehead atoms. The number of pyridine rings is 1. The zero-order valence-corrected chi connectivity index (χ0v) is 21.3. The van der Waals surface area contributed by atoms with Crippen LogP contribution in [0.25, 0.3) is 11.4 Å². The second-order valence-electron chi connectivity index (χ2n) is 9.44. The van der Waals surface area contributed by atoms with Gasteiger partial charge >= 0.3 is 0 Å². The van der Waals surface area contributed by atoms with E-state index in [9.17, 15) is 0 Å². The molecule has 2 aliphatic heterocycles. The molecule has 2 fully saturated rings. The molecule has 12 heteroatoms. The Hall–Kier alpha value is -4.03. The van der Waals surface area contributed by atoms with Gasteiger partial charge in [-0.3, -0.25) is 15.0 Å². The van der Waals surface area contributed by atoms with Gasteiger partial charge in [-0.15, -0.1) is 0 Å². The number of anilines is 3. The van der Waals surface area contributed by atoms with Gasteiger partial charge in [-0.25, -0.2) is 0 Å². The van der Waals surface area contributed by atoms with Crippen molar-refractivity contribution in [2.75, 3.05) is 56.2 Å². The van der Waals surface area contributed by atoms with Crippen LogP contribution in [0.2, 0.25) is 0 Å². The Morgan fingerprint density at radius 1 is 1.08 bits per heavy atom. The minimum absolute atomic E-state index is 0.0379. The maximum Gasteiger partial charge on any atom is 0.231 e. The van der Waals surface area contributed by atoms with Gasteiger partial charge in [-0.2, -0.15) is 15.1 Å². The molecule has 0 aromatic carbocycles. The molecular weight excluding hydrogens is 486 g/mol. The number of H-pyrrole nitrogens is 1. The number of aromatic amines is 1. The van der Waals surface area contributed by atoms with Crippen molar-refractivity contribution < 1.29 is 14.0 Å². The monoisotopic (exact) mass is 517 g/mol. The Kier molecular flexibility index (Phi) is 7.14. The summed E-state index contributed by atoms with van der Waals surface area (Å²) in [5.41, 5.74) is 2.45. The highest BCUT2D eigenvalue weighted by atomic mass is 16.5. The molecule has 0 unspecified atom stereocenters. The van der Waals surface area contributed by atoms with Gasteiger partial charge in [0.15, 0.2) is 11.6 Å². The molecular formula is C26H31N9O3. The van der Waals surface area contributed by atoms with Gasteiger partial charge in [0.1, 0.15) is 18.1 Å². The SMILES string of the molecule is Cc1cc(Nc2cc(OCCN3CCOCC3)nc(N3CCC[C@H]3c3cc(-c4ccccn4)no3)n2)n[nH]1. The second kappa shape index (κ2) is 11.2. The molecule has 0 saturated carbocycles. The highest BCUT2D eigenvalue weighted by Crippen LogP contribution is 2.37. The van der Waals surface area contributed by atoms with Gasteiger partial charge in [-0.05, 0) is 31.9 Å². The van der Waals surface area contributed by atoms with Crippen LogP contribution in [0.5, 0.6) is 5.88 Å². The molecule has 6 rings (SSSR count). The zero-order chi connectivity index (χ0) is 25.7. The summed E-state index contributed by atoms with van der Waals surface area (Å²) in [6.07, 6.45) is 3.64. The summed E-state index contributed by atoms with van der Waals surface area (Å²) >= 11 is 0. The fourth-order valence-electron chi connectivity index (χ4n) is 4.78. The standard InChI is InChI=1S/C26H31N9O3/c1-18-15-24(32-31-18)28-23-17-25(37-14-11-34-9-12-36-13-10-34)30-26(29-23)35-8-4-6-21(35)22-16-20(33-38-22)19-5-2-3-7-27-19/h2-3,5,7,15-17,21H,4,6,8-14H2,1H3,(H2,28,29,30,31,32)/t21-/m0/s1. The maximum absolute atomic E-state index is 6.12. The van der Waals surface area contributed by atoms with Crippen molar-refractivity contribution in [2.45, 2.75) is 25.8 Å². The fourth-order valence-corrected chi connectivity index (χ4v) is 4.78. The number of morpholine rings is 1. The minimum atomic E-state index is -0.0379. The summed E-state index contributed by atoms with van der Waals surface area (Å²) in [5.74, 6) is 3.14. The topological polar surface area (TPSA) is 130 Å². The smallest absolute Gasteiger partial charge is 0.231 e. The van der Waals surface area contributed by atoms with E-state index in [0.29, 0.717) is 35.8 Å². The zero-order valence-electron chi connectivity index (χ0n) is 21.3. The van der Waals surface area contributed by atoms with Crippen molar-refractivity contribution >= 4 is 17.6 Å². The van der Waals surface area contributed by atoms with Crippen molar-refractivity contribution in [3.63, 3.8) is 0 Å². The van der Waals surface area contributed by atoms with Gasteiger partial charge in [0.25, 0.3) is 0 Å². The molecule has 4 aromatic rings. The summed E-state index contributed by atoms with van der Waals surface area (Å²) in [6.45, 7) is 7.43. The van der Waals surface area contributed by atoms with E-state index in [1.807, 2.05) is 43.3 Å². The van der Waals surface area contributed by atoms with E-state index in [4.69, 9.17) is 24.0 Å².